The van der Waals surface area contributed by atoms with E-state index in [4.69, 9.17) is 4.74 Å². The van der Waals surface area contributed by atoms with Crippen LogP contribution >= 0.6 is 0 Å². The standard InChI is InChI=1S/C14H22FNO/c1-5-8-16-11(4)12-6-7-14(13(15)9-12)17-10(2)3/h6-7,9-11,16H,5,8H2,1-4H3. The van der Waals surface area contributed by atoms with E-state index < -0.39 is 0 Å². The molecule has 0 saturated carbocycles. The molecule has 0 fully saturated rings. The van der Waals surface area contributed by atoms with Crippen molar-refractivity contribution in [3.05, 3.63) is 29.6 Å². The Bertz CT molecular complexity index is 352. The number of rotatable bonds is 6. The number of ether oxygens (including phenoxy) is 1. The van der Waals surface area contributed by atoms with E-state index in [0.717, 1.165) is 18.5 Å². The summed E-state index contributed by atoms with van der Waals surface area (Å²) in [6, 6.07) is 5.33. The lowest BCUT2D eigenvalue weighted by Crippen LogP contribution is -2.19. The Balaban J connectivity index is 2.73. The predicted molar refractivity (Wildman–Crippen MR) is 68.9 cm³/mol. The predicted octanol–water partition coefficient (Wildman–Crippen LogP) is 3.67. The van der Waals surface area contributed by atoms with Gasteiger partial charge in [-0.05, 0) is 51.4 Å². The maximum Gasteiger partial charge on any atom is 0.165 e. The van der Waals surface area contributed by atoms with Crippen LogP contribution in [0.2, 0.25) is 0 Å². The van der Waals surface area contributed by atoms with Gasteiger partial charge in [-0.3, -0.25) is 0 Å². The van der Waals surface area contributed by atoms with Gasteiger partial charge in [0, 0.05) is 6.04 Å². The molecule has 0 radical (unpaired) electrons. The maximum atomic E-state index is 13.7. The van der Waals surface area contributed by atoms with Crippen LogP contribution in [0.3, 0.4) is 0 Å². The largest absolute Gasteiger partial charge is 0.488 e. The van der Waals surface area contributed by atoms with Gasteiger partial charge in [0.05, 0.1) is 6.10 Å². The van der Waals surface area contributed by atoms with Crippen LogP contribution < -0.4 is 10.1 Å². The van der Waals surface area contributed by atoms with E-state index in [2.05, 4.69) is 12.2 Å². The molecular weight excluding hydrogens is 217 g/mol. The average Bonchev–Trinajstić information content (AvgIpc) is 2.28. The van der Waals surface area contributed by atoms with E-state index in [9.17, 15) is 4.39 Å². The molecule has 0 spiro atoms. The van der Waals surface area contributed by atoms with Gasteiger partial charge in [0.15, 0.2) is 11.6 Å². The summed E-state index contributed by atoms with van der Waals surface area (Å²) in [5.41, 5.74) is 0.951. The smallest absolute Gasteiger partial charge is 0.165 e. The molecule has 0 bridgehead atoms. The third kappa shape index (κ3) is 4.35. The fraction of sp³-hybridized carbons (Fsp3) is 0.571. The van der Waals surface area contributed by atoms with E-state index in [0.29, 0.717) is 5.75 Å². The minimum atomic E-state index is -0.290. The summed E-state index contributed by atoms with van der Waals surface area (Å²) >= 11 is 0. The second kappa shape index (κ2) is 6.60. The molecule has 3 heteroatoms. The van der Waals surface area contributed by atoms with Gasteiger partial charge in [-0.25, -0.2) is 4.39 Å². The minimum Gasteiger partial charge on any atom is -0.488 e. The van der Waals surface area contributed by atoms with Crippen LogP contribution in [0.15, 0.2) is 18.2 Å². The second-order valence-corrected chi connectivity index (χ2v) is 4.53. The van der Waals surface area contributed by atoms with Crippen LogP contribution in [0.5, 0.6) is 5.75 Å². The molecule has 2 nitrogen and oxygen atoms in total. The number of nitrogens with one attached hydrogen (secondary N) is 1. The lowest BCUT2D eigenvalue weighted by Gasteiger charge is -2.16. The van der Waals surface area contributed by atoms with Crippen LogP contribution in [0.1, 0.15) is 45.7 Å². The van der Waals surface area contributed by atoms with Crippen LogP contribution in [-0.4, -0.2) is 12.6 Å². The molecule has 0 aromatic heterocycles. The van der Waals surface area contributed by atoms with Gasteiger partial charge in [0.1, 0.15) is 0 Å². The molecule has 96 valence electrons. The van der Waals surface area contributed by atoms with Crippen molar-refractivity contribution >= 4 is 0 Å². The molecular formula is C14H22FNO. The fourth-order valence-electron chi connectivity index (χ4n) is 1.61. The van der Waals surface area contributed by atoms with Gasteiger partial charge < -0.3 is 10.1 Å². The van der Waals surface area contributed by atoms with Gasteiger partial charge >= 0.3 is 0 Å². The highest BCUT2D eigenvalue weighted by molar-refractivity contribution is 5.31. The normalized spacial score (nSPS) is 12.8. The van der Waals surface area contributed by atoms with E-state index in [1.807, 2.05) is 26.8 Å². The van der Waals surface area contributed by atoms with Crippen molar-refractivity contribution in [3.8, 4) is 5.75 Å². The van der Waals surface area contributed by atoms with Gasteiger partial charge in [0.25, 0.3) is 0 Å². The first kappa shape index (κ1) is 14.0. The van der Waals surface area contributed by atoms with Crippen LogP contribution in [-0.2, 0) is 0 Å². The SMILES string of the molecule is CCCNC(C)c1ccc(OC(C)C)c(F)c1. The van der Waals surface area contributed by atoms with Crippen LogP contribution in [0, 0.1) is 5.82 Å². The van der Waals surface area contributed by atoms with E-state index in [1.165, 1.54) is 0 Å². The Morgan fingerprint density at radius 3 is 2.53 bits per heavy atom. The van der Waals surface area contributed by atoms with Crippen molar-refractivity contribution in [1.29, 1.82) is 0 Å². The molecule has 0 aliphatic heterocycles. The number of hydrogen-bond donors (Lipinski definition) is 1. The third-order valence-corrected chi connectivity index (χ3v) is 2.52. The lowest BCUT2D eigenvalue weighted by molar-refractivity contribution is 0.231. The van der Waals surface area contributed by atoms with E-state index >= 15 is 0 Å². The quantitative estimate of drug-likeness (QED) is 0.817. The zero-order chi connectivity index (χ0) is 12.8. The molecule has 1 N–H and O–H groups in total. The second-order valence-electron chi connectivity index (χ2n) is 4.53. The topological polar surface area (TPSA) is 21.3 Å². The Hall–Kier alpha value is -1.09. The molecule has 17 heavy (non-hydrogen) atoms. The Labute approximate surface area is 103 Å². The molecule has 0 heterocycles. The molecule has 0 amide bonds. The van der Waals surface area contributed by atoms with Gasteiger partial charge in [-0.1, -0.05) is 13.0 Å². The summed E-state index contributed by atoms with van der Waals surface area (Å²) in [5.74, 6) is 0.0350. The van der Waals surface area contributed by atoms with E-state index in [-0.39, 0.29) is 18.0 Å². The molecule has 1 aromatic rings. The summed E-state index contributed by atoms with van der Waals surface area (Å²) < 4.78 is 19.1. The fourth-order valence-corrected chi connectivity index (χ4v) is 1.61. The summed E-state index contributed by atoms with van der Waals surface area (Å²) in [7, 11) is 0. The van der Waals surface area contributed by atoms with Crippen molar-refractivity contribution in [2.75, 3.05) is 6.54 Å². The third-order valence-electron chi connectivity index (χ3n) is 2.52. The molecule has 0 saturated heterocycles. The molecule has 1 rings (SSSR count). The molecule has 1 atom stereocenters. The highest BCUT2D eigenvalue weighted by Gasteiger charge is 2.10. The summed E-state index contributed by atoms with van der Waals surface area (Å²) in [6.45, 7) is 8.86. The zero-order valence-electron chi connectivity index (χ0n) is 11.1. The van der Waals surface area contributed by atoms with Gasteiger partial charge in [-0.15, -0.1) is 0 Å². The minimum absolute atomic E-state index is 0.00834. The summed E-state index contributed by atoms with van der Waals surface area (Å²) in [6.07, 6.45) is 1.06. The van der Waals surface area contributed by atoms with Crippen molar-refractivity contribution in [3.63, 3.8) is 0 Å². The van der Waals surface area contributed by atoms with Crippen molar-refractivity contribution in [1.82, 2.24) is 5.32 Å². The Morgan fingerprint density at radius 1 is 1.29 bits per heavy atom. The molecule has 0 aliphatic rings. The van der Waals surface area contributed by atoms with E-state index in [1.54, 1.807) is 12.1 Å². The molecule has 1 aromatic carbocycles. The van der Waals surface area contributed by atoms with Crippen LogP contribution in [0.4, 0.5) is 4.39 Å². The van der Waals surface area contributed by atoms with Crippen molar-refractivity contribution in [2.24, 2.45) is 0 Å². The first-order valence-corrected chi connectivity index (χ1v) is 6.24. The number of hydrogen-bond acceptors (Lipinski definition) is 2. The molecule has 0 aliphatic carbocycles. The first-order chi connectivity index (χ1) is 8.04. The maximum absolute atomic E-state index is 13.7. The average molecular weight is 239 g/mol. The summed E-state index contributed by atoms with van der Waals surface area (Å²) in [4.78, 5) is 0. The first-order valence-electron chi connectivity index (χ1n) is 6.24. The van der Waals surface area contributed by atoms with Crippen molar-refractivity contribution < 1.29 is 9.13 Å². The van der Waals surface area contributed by atoms with Crippen molar-refractivity contribution in [2.45, 2.75) is 46.3 Å². The number of halogens is 1. The lowest BCUT2D eigenvalue weighted by atomic mass is 10.1. The number of benzene rings is 1. The van der Waals surface area contributed by atoms with Gasteiger partial charge in [0.2, 0.25) is 0 Å². The summed E-state index contributed by atoms with van der Waals surface area (Å²) in [5, 5.41) is 3.33. The molecule has 1 unspecified atom stereocenters. The highest BCUT2D eigenvalue weighted by Crippen LogP contribution is 2.22. The van der Waals surface area contributed by atoms with Gasteiger partial charge in [-0.2, -0.15) is 0 Å². The van der Waals surface area contributed by atoms with Crippen LogP contribution in [0.25, 0.3) is 0 Å². The highest BCUT2D eigenvalue weighted by atomic mass is 19.1. The Kier molecular flexibility index (Phi) is 5.42. The zero-order valence-corrected chi connectivity index (χ0v) is 11.1. The monoisotopic (exact) mass is 239 g/mol. The Morgan fingerprint density at radius 2 is 2.00 bits per heavy atom.